The summed E-state index contributed by atoms with van der Waals surface area (Å²) >= 11 is 5.53. The molecule has 2 atom stereocenters. The fourth-order valence-electron chi connectivity index (χ4n) is 2.38. The zero-order valence-electron chi connectivity index (χ0n) is 10.4. The van der Waals surface area contributed by atoms with Gasteiger partial charge in [-0.3, -0.25) is 0 Å². The van der Waals surface area contributed by atoms with Gasteiger partial charge in [-0.2, -0.15) is 13.2 Å². The Kier molecular flexibility index (Phi) is 4.27. The Hall–Kier alpha value is -0.850. The molecule has 0 heterocycles. The second kappa shape index (κ2) is 5.50. The van der Waals surface area contributed by atoms with E-state index in [1.54, 1.807) is 0 Å². The first-order valence-corrected chi connectivity index (χ1v) is 6.60. The Labute approximate surface area is 118 Å². The topological polar surface area (TPSA) is 46.2 Å². The monoisotopic (exact) mass is 311 g/mol. The molecule has 2 nitrogen and oxygen atoms in total. The van der Waals surface area contributed by atoms with Gasteiger partial charge in [0.1, 0.15) is 5.82 Å². The highest BCUT2D eigenvalue weighted by Gasteiger charge is 2.40. The normalized spacial score (nSPS) is 19.6. The van der Waals surface area contributed by atoms with Crippen LogP contribution in [0.2, 0.25) is 5.02 Å². The molecule has 7 heteroatoms. The molecule has 1 saturated carbocycles. The van der Waals surface area contributed by atoms with Gasteiger partial charge in [-0.1, -0.05) is 18.0 Å². The van der Waals surface area contributed by atoms with Crippen LogP contribution in [0.5, 0.6) is 0 Å². The van der Waals surface area contributed by atoms with E-state index in [0.717, 1.165) is 12.5 Å². The predicted molar refractivity (Wildman–Crippen MR) is 66.7 cm³/mol. The van der Waals surface area contributed by atoms with Gasteiger partial charge in [-0.25, -0.2) is 4.39 Å². The van der Waals surface area contributed by atoms with Crippen LogP contribution in [0.1, 0.15) is 36.4 Å². The molecular formula is C13H14ClF4NO. The average Bonchev–Trinajstić information content (AvgIpc) is 2.27. The van der Waals surface area contributed by atoms with E-state index in [-0.39, 0.29) is 5.92 Å². The minimum atomic E-state index is -4.75. The van der Waals surface area contributed by atoms with Crippen LogP contribution in [0.4, 0.5) is 17.6 Å². The van der Waals surface area contributed by atoms with Gasteiger partial charge in [-0.05, 0) is 30.9 Å². The molecule has 0 aromatic heterocycles. The van der Waals surface area contributed by atoms with Crippen molar-refractivity contribution in [3.8, 4) is 0 Å². The Balaban J connectivity index is 2.44. The summed E-state index contributed by atoms with van der Waals surface area (Å²) in [6, 6.07) is 0.0790. The molecule has 3 N–H and O–H groups in total. The zero-order chi connectivity index (χ0) is 15.1. The molecule has 1 aromatic carbocycles. The van der Waals surface area contributed by atoms with Crippen molar-refractivity contribution in [3.05, 3.63) is 34.1 Å². The maximum absolute atomic E-state index is 14.0. The summed E-state index contributed by atoms with van der Waals surface area (Å²) in [7, 11) is 0. The summed E-state index contributed by atoms with van der Waals surface area (Å²) < 4.78 is 52.8. The first kappa shape index (κ1) is 15.5. The number of hydrogen-bond donors (Lipinski definition) is 2. The molecule has 1 aromatic rings. The van der Waals surface area contributed by atoms with E-state index in [4.69, 9.17) is 17.3 Å². The number of rotatable bonds is 3. The third kappa shape index (κ3) is 2.77. The van der Waals surface area contributed by atoms with E-state index in [2.05, 4.69) is 0 Å². The summed E-state index contributed by atoms with van der Waals surface area (Å²) in [6.07, 6.45) is -3.72. The number of benzene rings is 1. The molecule has 0 unspecified atom stereocenters. The third-order valence-electron chi connectivity index (χ3n) is 3.77. The minimum Gasteiger partial charge on any atom is -0.391 e. The zero-order valence-corrected chi connectivity index (χ0v) is 11.2. The van der Waals surface area contributed by atoms with Crippen LogP contribution in [0, 0.1) is 11.7 Å². The van der Waals surface area contributed by atoms with Gasteiger partial charge < -0.3 is 10.8 Å². The Morgan fingerprint density at radius 3 is 2.35 bits per heavy atom. The van der Waals surface area contributed by atoms with Gasteiger partial charge in [0.05, 0.1) is 22.7 Å². The summed E-state index contributed by atoms with van der Waals surface area (Å²) in [4.78, 5) is 0. The number of halogens is 5. The van der Waals surface area contributed by atoms with Crippen LogP contribution in [-0.2, 0) is 6.18 Å². The van der Waals surface area contributed by atoms with Gasteiger partial charge in [0.25, 0.3) is 0 Å². The van der Waals surface area contributed by atoms with Gasteiger partial charge in [0, 0.05) is 5.56 Å². The fourth-order valence-corrected chi connectivity index (χ4v) is 2.55. The Morgan fingerprint density at radius 1 is 1.30 bits per heavy atom. The van der Waals surface area contributed by atoms with Crippen LogP contribution in [0.25, 0.3) is 0 Å². The molecule has 0 amide bonds. The van der Waals surface area contributed by atoms with Crippen LogP contribution in [0.3, 0.4) is 0 Å². The molecule has 2 rings (SSSR count). The minimum absolute atomic E-state index is 0.190. The number of alkyl halides is 3. The molecule has 0 bridgehead atoms. The maximum Gasteiger partial charge on any atom is 0.416 e. The second-order valence-electron chi connectivity index (χ2n) is 5.03. The standard InChI is InChI=1S/C13H14ClF4NO/c14-8-5-4-7(13(16,17)18)9(10(8)15)11(19)12(20)6-2-1-3-6/h4-6,11-12,20H,1-3,19H2/t11-,12+/m0/s1. The lowest BCUT2D eigenvalue weighted by atomic mass is 9.77. The van der Waals surface area contributed by atoms with Crippen molar-refractivity contribution in [3.63, 3.8) is 0 Å². The molecule has 1 fully saturated rings. The smallest absolute Gasteiger partial charge is 0.391 e. The summed E-state index contributed by atoms with van der Waals surface area (Å²) in [5.74, 6) is -1.41. The molecule has 20 heavy (non-hydrogen) atoms. The van der Waals surface area contributed by atoms with Gasteiger partial charge in [0.2, 0.25) is 0 Å². The molecule has 0 radical (unpaired) electrons. The first-order valence-electron chi connectivity index (χ1n) is 6.22. The van der Waals surface area contributed by atoms with Crippen molar-refractivity contribution in [1.29, 1.82) is 0 Å². The van der Waals surface area contributed by atoms with Crippen LogP contribution >= 0.6 is 11.6 Å². The highest BCUT2D eigenvalue weighted by atomic mass is 35.5. The van der Waals surface area contributed by atoms with E-state index in [1.165, 1.54) is 0 Å². The van der Waals surface area contributed by atoms with Crippen molar-refractivity contribution >= 4 is 11.6 Å². The highest BCUT2D eigenvalue weighted by molar-refractivity contribution is 6.30. The lowest BCUT2D eigenvalue weighted by molar-refractivity contribution is -0.139. The Morgan fingerprint density at radius 2 is 1.90 bits per heavy atom. The maximum atomic E-state index is 14.0. The summed E-state index contributed by atoms with van der Waals surface area (Å²) in [6.45, 7) is 0. The molecule has 0 spiro atoms. The van der Waals surface area contributed by atoms with Crippen molar-refractivity contribution in [2.24, 2.45) is 11.7 Å². The predicted octanol–water partition coefficient (Wildman–Crippen LogP) is 3.66. The third-order valence-corrected chi connectivity index (χ3v) is 4.06. The van der Waals surface area contributed by atoms with Crippen LogP contribution in [0.15, 0.2) is 12.1 Å². The van der Waals surface area contributed by atoms with Crippen molar-refractivity contribution in [2.75, 3.05) is 0 Å². The first-order chi connectivity index (χ1) is 9.23. The molecule has 1 aliphatic carbocycles. The lowest BCUT2D eigenvalue weighted by Gasteiger charge is -2.34. The molecule has 0 aliphatic heterocycles. The lowest BCUT2D eigenvalue weighted by Crippen LogP contribution is -2.38. The number of aliphatic hydroxyl groups is 1. The van der Waals surface area contributed by atoms with Gasteiger partial charge in [-0.15, -0.1) is 0 Å². The number of nitrogens with two attached hydrogens (primary N) is 1. The highest BCUT2D eigenvalue weighted by Crippen LogP contribution is 2.41. The fraction of sp³-hybridized carbons (Fsp3) is 0.538. The van der Waals surface area contributed by atoms with Crippen molar-refractivity contribution in [1.82, 2.24) is 0 Å². The summed E-state index contributed by atoms with van der Waals surface area (Å²) in [5.41, 5.74) is 3.72. The Bertz CT molecular complexity index is 502. The van der Waals surface area contributed by atoms with E-state index < -0.39 is 40.3 Å². The largest absolute Gasteiger partial charge is 0.416 e. The molecule has 0 saturated heterocycles. The van der Waals surface area contributed by atoms with Crippen molar-refractivity contribution < 1.29 is 22.7 Å². The summed E-state index contributed by atoms with van der Waals surface area (Å²) in [5, 5.41) is 9.55. The molecule has 112 valence electrons. The van der Waals surface area contributed by atoms with Gasteiger partial charge in [0.15, 0.2) is 0 Å². The van der Waals surface area contributed by atoms with E-state index in [0.29, 0.717) is 18.9 Å². The van der Waals surface area contributed by atoms with Gasteiger partial charge >= 0.3 is 6.18 Å². The SMILES string of the molecule is N[C@@H](c1c(C(F)(F)F)ccc(Cl)c1F)[C@H](O)C1CCC1. The van der Waals surface area contributed by atoms with E-state index >= 15 is 0 Å². The van der Waals surface area contributed by atoms with Crippen LogP contribution in [-0.4, -0.2) is 11.2 Å². The quantitative estimate of drug-likeness (QED) is 0.837. The molecule has 1 aliphatic rings. The average molecular weight is 312 g/mol. The number of hydrogen-bond acceptors (Lipinski definition) is 2. The van der Waals surface area contributed by atoms with Crippen LogP contribution < -0.4 is 5.73 Å². The number of aliphatic hydroxyl groups excluding tert-OH is 1. The van der Waals surface area contributed by atoms with E-state index in [1.807, 2.05) is 0 Å². The molecular weight excluding hydrogens is 298 g/mol. The van der Waals surface area contributed by atoms with Crippen molar-refractivity contribution in [2.45, 2.75) is 37.6 Å². The second-order valence-corrected chi connectivity index (χ2v) is 5.43. The van der Waals surface area contributed by atoms with E-state index in [9.17, 15) is 22.7 Å².